The van der Waals surface area contributed by atoms with Gasteiger partial charge in [-0.1, -0.05) is 42.2 Å². The van der Waals surface area contributed by atoms with Gasteiger partial charge in [-0.15, -0.1) is 10.2 Å². The predicted molar refractivity (Wildman–Crippen MR) is 127 cm³/mol. The summed E-state index contributed by atoms with van der Waals surface area (Å²) < 4.78 is 5.59. The minimum absolute atomic E-state index is 0.00589. The lowest BCUT2D eigenvalue weighted by Crippen LogP contribution is -2.38. The number of rotatable bonds is 6. The molecule has 0 spiro atoms. The molecule has 2 aliphatic rings. The van der Waals surface area contributed by atoms with Crippen LogP contribution in [0.25, 0.3) is 0 Å². The van der Waals surface area contributed by atoms with Crippen LogP contribution < -0.4 is 10.6 Å². The molecule has 2 aromatic rings. The molecule has 1 unspecified atom stereocenters. The number of nitriles is 1. The number of carbonyl (C=O) groups excluding carboxylic acids is 2. The van der Waals surface area contributed by atoms with Crippen molar-refractivity contribution in [3.63, 3.8) is 0 Å². The molecule has 8 nitrogen and oxygen atoms in total. The average Bonchev–Trinajstić information content (AvgIpc) is 3.30. The van der Waals surface area contributed by atoms with Crippen molar-refractivity contribution in [2.75, 3.05) is 17.8 Å². The molecule has 2 heterocycles. The van der Waals surface area contributed by atoms with Gasteiger partial charge in [-0.25, -0.2) is 4.79 Å². The number of ether oxygens (including phenoxy) is 1. The normalized spacial score (nSPS) is 18.3. The molecular formula is C23H23N5O3S2. The van der Waals surface area contributed by atoms with E-state index in [1.54, 1.807) is 40.9 Å². The van der Waals surface area contributed by atoms with Gasteiger partial charge in [0.25, 0.3) is 0 Å². The first kappa shape index (κ1) is 23.0. The van der Waals surface area contributed by atoms with E-state index in [0.717, 1.165) is 27.8 Å². The number of nitrogens with two attached hydrogens (primary N) is 1. The first-order chi connectivity index (χ1) is 16.0. The van der Waals surface area contributed by atoms with Crippen LogP contribution in [0.1, 0.15) is 54.4 Å². The van der Waals surface area contributed by atoms with Gasteiger partial charge in [0.1, 0.15) is 5.82 Å². The lowest BCUT2D eigenvalue weighted by Gasteiger charge is -2.38. The fourth-order valence-electron chi connectivity index (χ4n) is 4.11. The fraction of sp³-hybridized carbons (Fsp3) is 0.348. The summed E-state index contributed by atoms with van der Waals surface area (Å²) in [6, 6.07) is 8.99. The van der Waals surface area contributed by atoms with E-state index < -0.39 is 11.9 Å². The Bertz CT molecular complexity index is 1190. The van der Waals surface area contributed by atoms with Crippen LogP contribution in [0.4, 0.5) is 5.13 Å². The van der Waals surface area contributed by atoms with Gasteiger partial charge >= 0.3 is 5.97 Å². The van der Waals surface area contributed by atoms with E-state index in [2.05, 4.69) is 23.2 Å². The number of allylic oxidation sites excluding steroid dienone is 3. The highest BCUT2D eigenvalue weighted by molar-refractivity contribution is 8.01. The van der Waals surface area contributed by atoms with Crippen LogP contribution in [-0.2, 0) is 9.53 Å². The minimum atomic E-state index is -0.595. The van der Waals surface area contributed by atoms with E-state index in [9.17, 15) is 14.9 Å². The van der Waals surface area contributed by atoms with E-state index in [1.165, 1.54) is 18.4 Å². The van der Waals surface area contributed by atoms with Gasteiger partial charge < -0.3 is 10.5 Å². The van der Waals surface area contributed by atoms with Crippen molar-refractivity contribution in [1.29, 1.82) is 5.26 Å². The maximum Gasteiger partial charge on any atom is 0.337 e. The number of nitrogens with zero attached hydrogens (tertiary/aromatic N) is 4. The van der Waals surface area contributed by atoms with Crippen molar-refractivity contribution in [3.8, 4) is 6.07 Å². The third-order valence-electron chi connectivity index (χ3n) is 5.60. The summed E-state index contributed by atoms with van der Waals surface area (Å²) in [7, 11) is 1.32. The number of hydrogen-bond acceptors (Lipinski definition) is 10. The third kappa shape index (κ3) is 4.26. The highest BCUT2D eigenvalue weighted by atomic mass is 32.2. The van der Waals surface area contributed by atoms with Crippen molar-refractivity contribution >= 4 is 40.0 Å². The first-order valence-electron chi connectivity index (χ1n) is 10.6. The van der Waals surface area contributed by atoms with Gasteiger partial charge in [-0.05, 0) is 37.0 Å². The topological polar surface area (TPSA) is 122 Å². The van der Waals surface area contributed by atoms with Gasteiger partial charge in [0, 0.05) is 23.4 Å². The Kier molecular flexibility index (Phi) is 6.81. The largest absolute Gasteiger partial charge is 0.465 e. The maximum absolute atomic E-state index is 13.2. The van der Waals surface area contributed by atoms with Crippen molar-refractivity contribution in [3.05, 3.63) is 58.1 Å². The fourth-order valence-corrected chi connectivity index (χ4v) is 5.91. The van der Waals surface area contributed by atoms with Crippen LogP contribution in [0.2, 0.25) is 0 Å². The van der Waals surface area contributed by atoms with Gasteiger partial charge in [0.2, 0.25) is 5.13 Å². The number of esters is 1. The molecule has 33 heavy (non-hydrogen) atoms. The highest BCUT2D eigenvalue weighted by Gasteiger charge is 2.41. The van der Waals surface area contributed by atoms with Crippen molar-refractivity contribution in [2.24, 2.45) is 5.73 Å². The number of thioether (sulfide) groups is 1. The SMILES string of the molecule is CCCSc1nnc(N2C(N)=C(C#N)C(c3ccc(C(=O)OC)cc3)C3=C2CCCC3=O)s1. The molecule has 0 radical (unpaired) electrons. The van der Waals surface area contributed by atoms with E-state index in [1.807, 2.05) is 0 Å². The molecule has 1 atom stereocenters. The molecule has 2 N–H and O–H groups in total. The second-order valence-electron chi connectivity index (χ2n) is 7.63. The van der Waals surface area contributed by atoms with Gasteiger partial charge in [-0.3, -0.25) is 9.69 Å². The molecule has 0 amide bonds. The molecule has 170 valence electrons. The van der Waals surface area contributed by atoms with E-state index in [-0.39, 0.29) is 17.2 Å². The summed E-state index contributed by atoms with van der Waals surface area (Å²) >= 11 is 3.02. The zero-order chi connectivity index (χ0) is 23.5. The van der Waals surface area contributed by atoms with Gasteiger partial charge in [0.05, 0.1) is 30.2 Å². The van der Waals surface area contributed by atoms with Crippen LogP contribution in [0, 0.1) is 11.3 Å². The van der Waals surface area contributed by atoms with Crippen LogP contribution in [0.5, 0.6) is 0 Å². The summed E-state index contributed by atoms with van der Waals surface area (Å²) in [5.41, 5.74) is 9.29. The van der Waals surface area contributed by atoms with Crippen LogP contribution in [0.3, 0.4) is 0 Å². The molecule has 4 rings (SSSR count). The summed E-state index contributed by atoms with van der Waals surface area (Å²) in [6.07, 6.45) is 2.78. The van der Waals surface area contributed by atoms with E-state index in [0.29, 0.717) is 35.5 Å². The quantitative estimate of drug-likeness (QED) is 0.479. The molecule has 1 aromatic heterocycles. The summed E-state index contributed by atoms with van der Waals surface area (Å²) in [4.78, 5) is 26.7. The molecule has 1 aliphatic carbocycles. The third-order valence-corrected chi connectivity index (χ3v) is 7.84. The van der Waals surface area contributed by atoms with Crippen LogP contribution >= 0.6 is 23.1 Å². The van der Waals surface area contributed by atoms with Crippen LogP contribution in [-0.4, -0.2) is 34.8 Å². The molecule has 0 bridgehead atoms. The first-order valence-corrected chi connectivity index (χ1v) is 12.4. The number of aromatic nitrogens is 2. The van der Waals surface area contributed by atoms with E-state index in [4.69, 9.17) is 10.5 Å². The summed E-state index contributed by atoms with van der Waals surface area (Å²) in [5.74, 6) is 0.139. The lowest BCUT2D eigenvalue weighted by molar-refractivity contribution is -0.116. The number of Topliss-reactive ketones (excluding diaryl/α,β-unsaturated/α-hetero) is 1. The second kappa shape index (κ2) is 9.77. The Morgan fingerprint density at radius 1 is 1.33 bits per heavy atom. The number of hydrogen-bond donors (Lipinski definition) is 1. The second-order valence-corrected chi connectivity index (χ2v) is 9.93. The minimum Gasteiger partial charge on any atom is -0.465 e. The lowest BCUT2D eigenvalue weighted by atomic mass is 9.75. The monoisotopic (exact) mass is 481 g/mol. The molecule has 1 aliphatic heterocycles. The highest BCUT2D eigenvalue weighted by Crippen LogP contribution is 2.47. The number of anilines is 1. The molecule has 0 fully saturated rings. The molecule has 0 saturated heterocycles. The van der Waals surface area contributed by atoms with Gasteiger partial charge in [0.15, 0.2) is 10.1 Å². The maximum atomic E-state index is 13.2. The van der Waals surface area contributed by atoms with Crippen molar-refractivity contribution < 1.29 is 14.3 Å². The Labute approximate surface area is 200 Å². The smallest absolute Gasteiger partial charge is 0.337 e. The number of ketones is 1. The zero-order valence-corrected chi connectivity index (χ0v) is 20.0. The molecule has 0 saturated carbocycles. The number of benzene rings is 1. The number of methoxy groups -OCH3 is 1. The van der Waals surface area contributed by atoms with E-state index >= 15 is 0 Å². The molecule has 1 aromatic carbocycles. The summed E-state index contributed by atoms with van der Waals surface area (Å²) in [6.45, 7) is 2.10. The number of carbonyl (C=O) groups is 2. The zero-order valence-electron chi connectivity index (χ0n) is 18.3. The summed E-state index contributed by atoms with van der Waals surface area (Å²) in [5, 5.41) is 19.2. The average molecular weight is 482 g/mol. The van der Waals surface area contributed by atoms with Crippen LogP contribution in [0.15, 0.2) is 51.3 Å². The predicted octanol–water partition coefficient (Wildman–Crippen LogP) is 4.13. The van der Waals surface area contributed by atoms with Crippen molar-refractivity contribution in [1.82, 2.24) is 10.2 Å². The molecule has 10 heteroatoms. The Hall–Kier alpha value is -3.16. The Morgan fingerprint density at radius 2 is 2.09 bits per heavy atom. The Balaban J connectivity index is 1.82. The van der Waals surface area contributed by atoms with Gasteiger partial charge in [-0.2, -0.15) is 5.26 Å². The Morgan fingerprint density at radius 3 is 2.76 bits per heavy atom. The van der Waals surface area contributed by atoms with Crippen molar-refractivity contribution in [2.45, 2.75) is 42.9 Å². The molecular weight excluding hydrogens is 458 g/mol. The standard InChI is InChI=1S/C23H23N5O3S2/c1-3-11-32-23-27-26-22(33-23)28-16-5-4-6-17(29)19(16)18(15(12-24)20(28)25)13-7-9-14(10-8-13)21(30)31-2/h7-10,18H,3-6,11,25H2,1-2H3.